The van der Waals surface area contributed by atoms with Crippen LogP contribution >= 0.6 is 0 Å². The van der Waals surface area contributed by atoms with Crippen molar-refractivity contribution in [3.05, 3.63) is 11.6 Å². The Morgan fingerprint density at radius 3 is 2.60 bits per heavy atom. The zero-order valence-corrected chi connectivity index (χ0v) is 5.24. The molecule has 4 nitrogen and oxygen atoms in total. The monoisotopic (exact) mass is 141 g/mol. The lowest BCUT2D eigenvalue weighted by Crippen LogP contribution is -1.97. The maximum Gasteiger partial charge on any atom is 0.346 e. The number of hydrogen-bond donors (Lipinski definition) is 2. The first-order valence-corrected chi connectivity index (χ1v) is 2.66. The van der Waals surface area contributed by atoms with Gasteiger partial charge in [0.15, 0.2) is 0 Å². The lowest BCUT2D eigenvalue weighted by Gasteiger charge is -1.86. The van der Waals surface area contributed by atoms with E-state index >= 15 is 0 Å². The normalized spacial score (nSPS) is 10.6. The quantitative estimate of drug-likeness (QED) is 0.425. The summed E-state index contributed by atoms with van der Waals surface area (Å²) >= 11 is 0. The third kappa shape index (κ3) is 2.84. The molecule has 10 heavy (non-hydrogen) atoms. The van der Waals surface area contributed by atoms with E-state index in [0.717, 1.165) is 0 Å². The molecule has 0 aromatic heterocycles. The summed E-state index contributed by atoms with van der Waals surface area (Å²) in [6, 6.07) is 1.49. The molecule has 0 atom stereocenters. The summed E-state index contributed by atoms with van der Waals surface area (Å²) in [5.41, 5.74) is -0.325. The molecular weight excluding hydrogens is 134 g/mol. The Balaban J connectivity index is 4.09. The van der Waals surface area contributed by atoms with Crippen molar-refractivity contribution in [3.63, 3.8) is 0 Å². The van der Waals surface area contributed by atoms with E-state index in [4.69, 9.17) is 15.5 Å². The molecule has 0 aliphatic carbocycles. The number of carboxylic acids is 1. The van der Waals surface area contributed by atoms with E-state index < -0.39 is 5.97 Å². The Bertz CT molecular complexity index is 190. The van der Waals surface area contributed by atoms with E-state index in [-0.39, 0.29) is 18.6 Å². The van der Waals surface area contributed by atoms with Crippen LogP contribution in [0.5, 0.6) is 0 Å². The predicted octanol–water partition coefficient (Wildman–Crippen LogP) is -0.0966. The molecule has 0 saturated carbocycles. The van der Waals surface area contributed by atoms with Crippen LogP contribution in [0.15, 0.2) is 11.6 Å². The molecule has 0 aliphatic rings. The minimum Gasteiger partial charge on any atom is -0.477 e. The highest BCUT2D eigenvalue weighted by Crippen LogP contribution is 1.93. The summed E-state index contributed by atoms with van der Waals surface area (Å²) in [4.78, 5) is 10.1. The molecule has 2 N–H and O–H groups in total. The Kier molecular flexibility index (Phi) is 3.92. The van der Waals surface area contributed by atoms with Gasteiger partial charge < -0.3 is 10.2 Å². The molecule has 0 radical (unpaired) electrons. The van der Waals surface area contributed by atoms with Gasteiger partial charge in [0, 0.05) is 6.61 Å². The van der Waals surface area contributed by atoms with Gasteiger partial charge in [0.2, 0.25) is 0 Å². The highest BCUT2D eigenvalue weighted by atomic mass is 16.4. The number of aliphatic carboxylic acids is 1. The molecular formula is C6H7NO3. The molecule has 0 aromatic rings. The van der Waals surface area contributed by atoms with Crippen molar-refractivity contribution in [3.8, 4) is 6.07 Å². The lowest BCUT2D eigenvalue weighted by atomic mass is 10.2. The van der Waals surface area contributed by atoms with E-state index in [1.807, 2.05) is 0 Å². The number of nitriles is 1. The first-order valence-electron chi connectivity index (χ1n) is 2.66. The van der Waals surface area contributed by atoms with Gasteiger partial charge in [-0.05, 0) is 6.42 Å². The summed E-state index contributed by atoms with van der Waals surface area (Å²) in [5, 5.41) is 24.6. The SMILES string of the molecule is N#C/C(=C/CCO)C(=O)O. The first kappa shape index (κ1) is 8.66. The van der Waals surface area contributed by atoms with Crippen LogP contribution in [0.25, 0.3) is 0 Å². The van der Waals surface area contributed by atoms with Gasteiger partial charge in [-0.1, -0.05) is 6.08 Å². The molecule has 0 amide bonds. The van der Waals surface area contributed by atoms with Crippen molar-refractivity contribution >= 4 is 5.97 Å². The maximum absolute atomic E-state index is 10.1. The van der Waals surface area contributed by atoms with Gasteiger partial charge in [-0.15, -0.1) is 0 Å². The number of carbonyl (C=O) groups is 1. The lowest BCUT2D eigenvalue weighted by molar-refractivity contribution is -0.132. The number of aliphatic hydroxyl groups excluding tert-OH is 1. The minimum atomic E-state index is -1.25. The molecule has 0 bridgehead atoms. The molecule has 0 aliphatic heterocycles. The van der Waals surface area contributed by atoms with Crippen LogP contribution in [0.1, 0.15) is 6.42 Å². The van der Waals surface area contributed by atoms with Crippen molar-refractivity contribution in [2.75, 3.05) is 6.61 Å². The molecule has 0 spiro atoms. The zero-order valence-electron chi connectivity index (χ0n) is 5.24. The standard InChI is InChI=1S/C6H7NO3/c7-4-5(6(9)10)2-1-3-8/h2,8H,1,3H2,(H,9,10)/b5-2-. The van der Waals surface area contributed by atoms with Crippen LogP contribution < -0.4 is 0 Å². The average molecular weight is 141 g/mol. The highest BCUT2D eigenvalue weighted by Gasteiger charge is 2.02. The van der Waals surface area contributed by atoms with Gasteiger partial charge >= 0.3 is 5.97 Å². The Labute approximate surface area is 58.0 Å². The van der Waals surface area contributed by atoms with E-state index in [9.17, 15) is 4.79 Å². The Hall–Kier alpha value is -1.34. The van der Waals surface area contributed by atoms with Crippen molar-refractivity contribution < 1.29 is 15.0 Å². The number of rotatable bonds is 3. The van der Waals surface area contributed by atoms with Gasteiger partial charge in [-0.25, -0.2) is 4.79 Å². The number of hydrogen-bond acceptors (Lipinski definition) is 3. The second-order valence-corrected chi connectivity index (χ2v) is 1.55. The third-order valence-electron chi connectivity index (χ3n) is 0.828. The first-order chi connectivity index (χ1) is 4.72. The second-order valence-electron chi connectivity index (χ2n) is 1.55. The van der Waals surface area contributed by atoms with Crippen molar-refractivity contribution in [1.82, 2.24) is 0 Å². The van der Waals surface area contributed by atoms with Crippen LogP contribution in [-0.2, 0) is 4.79 Å². The largest absolute Gasteiger partial charge is 0.477 e. The topological polar surface area (TPSA) is 81.3 Å². The van der Waals surface area contributed by atoms with Crippen molar-refractivity contribution in [2.24, 2.45) is 0 Å². The molecule has 0 saturated heterocycles. The smallest absolute Gasteiger partial charge is 0.346 e. The third-order valence-corrected chi connectivity index (χ3v) is 0.828. The minimum absolute atomic E-state index is 0.140. The van der Waals surface area contributed by atoms with Crippen molar-refractivity contribution in [1.29, 1.82) is 5.26 Å². The van der Waals surface area contributed by atoms with Crippen LogP contribution in [0.3, 0.4) is 0 Å². The predicted molar refractivity (Wildman–Crippen MR) is 33.0 cm³/mol. The van der Waals surface area contributed by atoms with E-state index in [2.05, 4.69) is 0 Å². The van der Waals surface area contributed by atoms with E-state index in [1.54, 1.807) is 0 Å². The fourth-order valence-electron chi connectivity index (χ4n) is 0.390. The van der Waals surface area contributed by atoms with Gasteiger partial charge in [-0.2, -0.15) is 5.26 Å². The highest BCUT2D eigenvalue weighted by molar-refractivity contribution is 5.90. The summed E-state index contributed by atoms with van der Waals surface area (Å²) in [7, 11) is 0. The molecule has 4 heteroatoms. The van der Waals surface area contributed by atoms with Gasteiger partial charge in [0.05, 0.1) is 0 Å². The number of nitrogens with zero attached hydrogens (tertiary/aromatic N) is 1. The molecule has 0 fully saturated rings. The summed E-state index contributed by atoms with van der Waals surface area (Å²) in [6.07, 6.45) is 1.39. The second kappa shape index (κ2) is 4.53. The average Bonchev–Trinajstić information content (AvgIpc) is 1.89. The molecule has 54 valence electrons. The Morgan fingerprint density at radius 1 is 1.70 bits per heavy atom. The van der Waals surface area contributed by atoms with Gasteiger partial charge in [0.25, 0.3) is 0 Å². The van der Waals surface area contributed by atoms with Gasteiger partial charge in [-0.3, -0.25) is 0 Å². The van der Waals surface area contributed by atoms with Crippen LogP contribution in [0.4, 0.5) is 0 Å². The molecule has 0 heterocycles. The fourth-order valence-corrected chi connectivity index (χ4v) is 0.390. The zero-order chi connectivity index (χ0) is 7.98. The van der Waals surface area contributed by atoms with E-state index in [1.165, 1.54) is 12.1 Å². The van der Waals surface area contributed by atoms with Crippen LogP contribution in [-0.4, -0.2) is 22.8 Å². The van der Waals surface area contributed by atoms with Crippen molar-refractivity contribution in [2.45, 2.75) is 6.42 Å². The fraction of sp³-hybridized carbons (Fsp3) is 0.333. The maximum atomic E-state index is 10.1. The van der Waals surface area contributed by atoms with E-state index in [0.29, 0.717) is 0 Å². The molecule has 0 unspecified atom stereocenters. The molecule has 0 rings (SSSR count). The summed E-state index contributed by atoms with van der Waals surface area (Å²) < 4.78 is 0. The Morgan fingerprint density at radius 2 is 2.30 bits per heavy atom. The summed E-state index contributed by atoms with van der Waals surface area (Å²) in [6.45, 7) is -0.140. The molecule has 0 aromatic carbocycles. The number of aliphatic hydroxyl groups is 1. The number of carboxylic acid groups (broad SMARTS) is 1. The van der Waals surface area contributed by atoms with Crippen LogP contribution in [0, 0.1) is 11.3 Å². The van der Waals surface area contributed by atoms with Gasteiger partial charge in [0.1, 0.15) is 11.6 Å². The van der Waals surface area contributed by atoms with Crippen LogP contribution in [0.2, 0.25) is 0 Å². The summed E-state index contributed by atoms with van der Waals surface area (Å²) in [5.74, 6) is -1.25.